The van der Waals surface area contributed by atoms with Gasteiger partial charge in [-0.25, -0.2) is 0 Å². The molecule has 0 fully saturated rings. The fourth-order valence-electron chi connectivity index (χ4n) is 1.20. The first-order valence-electron chi connectivity index (χ1n) is 4.42. The van der Waals surface area contributed by atoms with Gasteiger partial charge in [-0.05, 0) is 55.4 Å². The summed E-state index contributed by atoms with van der Waals surface area (Å²) in [6.07, 6.45) is 0. The summed E-state index contributed by atoms with van der Waals surface area (Å²) in [6, 6.07) is 6.32. The van der Waals surface area contributed by atoms with Crippen molar-refractivity contribution in [1.82, 2.24) is 5.32 Å². The number of halogens is 2. The molecule has 0 saturated carbocycles. The van der Waals surface area contributed by atoms with E-state index in [9.17, 15) is 0 Å². The average molecular weight is 367 g/mol. The van der Waals surface area contributed by atoms with Crippen LogP contribution in [0, 0.1) is 0 Å². The van der Waals surface area contributed by atoms with Crippen LogP contribution in [0.2, 0.25) is 0 Å². The molecule has 2 aromatic heterocycles. The highest BCUT2D eigenvalue weighted by atomic mass is 79.9. The van der Waals surface area contributed by atoms with E-state index in [-0.39, 0.29) is 0 Å². The molecule has 1 nitrogen and oxygen atoms in total. The van der Waals surface area contributed by atoms with E-state index >= 15 is 0 Å². The molecule has 0 aromatic carbocycles. The van der Waals surface area contributed by atoms with Gasteiger partial charge in [0.1, 0.15) is 0 Å². The van der Waals surface area contributed by atoms with Crippen LogP contribution >= 0.6 is 54.5 Å². The minimum Gasteiger partial charge on any atom is -0.307 e. The van der Waals surface area contributed by atoms with E-state index in [0.29, 0.717) is 0 Å². The molecule has 0 unspecified atom stereocenters. The van der Waals surface area contributed by atoms with Crippen molar-refractivity contribution >= 4 is 54.5 Å². The number of hydrogen-bond acceptors (Lipinski definition) is 3. The Morgan fingerprint density at radius 3 is 2.60 bits per heavy atom. The van der Waals surface area contributed by atoms with Crippen LogP contribution in [-0.4, -0.2) is 0 Å². The second-order valence-corrected chi connectivity index (χ2v) is 7.40. The Morgan fingerprint density at radius 1 is 1.13 bits per heavy atom. The minimum absolute atomic E-state index is 0.924. The highest BCUT2D eigenvalue weighted by Crippen LogP contribution is 2.24. The van der Waals surface area contributed by atoms with Crippen molar-refractivity contribution in [1.29, 1.82) is 0 Å². The number of rotatable bonds is 4. The summed E-state index contributed by atoms with van der Waals surface area (Å²) in [7, 11) is 0. The molecule has 0 atom stereocenters. The third-order valence-corrected chi connectivity index (χ3v) is 5.45. The van der Waals surface area contributed by atoms with Crippen molar-refractivity contribution < 1.29 is 0 Å². The summed E-state index contributed by atoms with van der Waals surface area (Å²) in [5.74, 6) is 0. The predicted octanol–water partition coefficient (Wildman–Crippen LogP) is 4.62. The fraction of sp³-hybridized carbons (Fsp3) is 0.200. The molecule has 0 bridgehead atoms. The zero-order valence-electron chi connectivity index (χ0n) is 7.80. The van der Waals surface area contributed by atoms with E-state index in [1.54, 1.807) is 22.7 Å². The van der Waals surface area contributed by atoms with Gasteiger partial charge in [-0.15, -0.1) is 22.7 Å². The number of hydrogen-bond donors (Lipinski definition) is 1. The van der Waals surface area contributed by atoms with Crippen molar-refractivity contribution in [3.05, 3.63) is 41.6 Å². The molecule has 0 radical (unpaired) electrons. The molecular weight excluding hydrogens is 358 g/mol. The first-order valence-corrected chi connectivity index (χ1v) is 7.71. The summed E-state index contributed by atoms with van der Waals surface area (Å²) in [5, 5.41) is 5.53. The minimum atomic E-state index is 0.924. The quantitative estimate of drug-likeness (QED) is 0.832. The van der Waals surface area contributed by atoms with Crippen molar-refractivity contribution in [3.8, 4) is 0 Å². The van der Waals surface area contributed by atoms with Crippen molar-refractivity contribution in [2.45, 2.75) is 13.1 Å². The molecular formula is C10H9Br2NS2. The third-order valence-electron chi connectivity index (χ3n) is 1.90. The van der Waals surface area contributed by atoms with Crippen LogP contribution in [0.5, 0.6) is 0 Å². The van der Waals surface area contributed by atoms with Gasteiger partial charge < -0.3 is 5.32 Å². The molecule has 15 heavy (non-hydrogen) atoms. The maximum atomic E-state index is 3.52. The molecule has 0 saturated heterocycles. The molecule has 1 N–H and O–H groups in total. The molecule has 0 spiro atoms. The molecule has 80 valence electrons. The zero-order valence-corrected chi connectivity index (χ0v) is 12.6. The number of nitrogens with one attached hydrogen (secondary N) is 1. The number of thiophene rings is 2. The lowest BCUT2D eigenvalue weighted by atomic mass is 10.4. The van der Waals surface area contributed by atoms with Gasteiger partial charge in [0.05, 0.1) is 3.79 Å². The van der Waals surface area contributed by atoms with Crippen LogP contribution in [0.15, 0.2) is 31.8 Å². The molecule has 2 aromatic rings. The first kappa shape index (κ1) is 11.8. The van der Waals surface area contributed by atoms with Gasteiger partial charge in [-0.1, -0.05) is 0 Å². The fourth-order valence-corrected chi connectivity index (χ4v) is 4.11. The Hall–Kier alpha value is 0.320. The highest BCUT2D eigenvalue weighted by Gasteiger charge is 2.01. The second-order valence-electron chi connectivity index (χ2n) is 3.00. The molecule has 2 rings (SSSR count). The lowest BCUT2D eigenvalue weighted by Gasteiger charge is -2.01. The molecule has 2 heterocycles. The first-order chi connectivity index (χ1) is 7.25. The van der Waals surface area contributed by atoms with Crippen LogP contribution < -0.4 is 5.32 Å². The molecule has 0 aliphatic heterocycles. The Kier molecular flexibility index (Phi) is 4.40. The van der Waals surface area contributed by atoms with Crippen molar-refractivity contribution in [2.75, 3.05) is 0 Å². The van der Waals surface area contributed by atoms with Gasteiger partial charge in [0, 0.05) is 27.3 Å². The van der Waals surface area contributed by atoms with Gasteiger partial charge >= 0.3 is 0 Å². The van der Waals surface area contributed by atoms with E-state index in [4.69, 9.17) is 0 Å². The van der Waals surface area contributed by atoms with E-state index in [1.807, 2.05) is 0 Å². The Morgan fingerprint density at radius 2 is 2.00 bits per heavy atom. The third kappa shape index (κ3) is 3.39. The highest BCUT2D eigenvalue weighted by molar-refractivity contribution is 9.11. The maximum absolute atomic E-state index is 3.52. The Bertz CT molecular complexity index is 436. The van der Waals surface area contributed by atoms with Gasteiger partial charge in [0.15, 0.2) is 0 Å². The topological polar surface area (TPSA) is 12.0 Å². The van der Waals surface area contributed by atoms with Crippen LogP contribution in [0.4, 0.5) is 0 Å². The standard InChI is InChI=1S/C10H9Br2NS2/c11-8-3-4-14-9(8)6-13-5-7-1-2-10(12)15-7/h1-4,13H,5-6H2. The smallest absolute Gasteiger partial charge is 0.0701 e. The monoisotopic (exact) mass is 365 g/mol. The average Bonchev–Trinajstić information content (AvgIpc) is 2.77. The summed E-state index contributed by atoms with van der Waals surface area (Å²) >= 11 is 10.5. The summed E-state index contributed by atoms with van der Waals surface area (Å²) in [5.41, 5.74) is 0. The van der Waals surface area contributed by atoms with E-state index in [1.165, 1.54) is 18.0 Å². The SMILES string of the molecule is Brc1ccc(CNCc2sccc2Br)s1. The van der Waals surface area contributed by atoms with Gasteiger partial charge in [-0.2, -0.15) is 0 Å². The predicted molar refractivity (Wildman–Crippen MR) is 74.6 cm³/mol. The van der Waals surface area contributed by atoms with Gasteiger partial charge in [0.25, 0.3) is 0 Å². The lowest BCUT2D eigenvalue weighted by molar-refractivity contribution is 0.707. The Labute approximate surface area is 114 Å². The second kappa shape index (κ2) is 5.59. The lowest BCUT2D eigenvalue weighted by Crippen LogP contribution is -2.10. The van der Waals surface area contributed by atoms with Crippen LogP contribution in [-0.2, 0) is 13.1 Å². The molecule has 5 heteroatoms. The van der Waals surface area contributed by atoms with E-state index in [0.717, 1.165) is 13.1 Å². The van der Waals surface area contributed by atoms with Gasteiger partial charge in [0.2, 0.25) is 0 Å². The largest absolute Gasteiger partial charge is 0.307 e. The maximum Gasteiger partial charge on any atom is 0.0701 e. The van der Waals surface area contributed by atoms with Gasteiger partial charge in [-0.3, -0.25) is 0 Å². The van der Waals surface area contributed by atoms with Crippen molar-refractivity contribution in [3.63, 3.8) is 0 Å². The van der Waals surface area contributed by atoms with Crippen LogP contribution in [0.1, 0.15) is 9.75 Å². The van der Waals surface area contributed by atoms with Crippen LogP contribution in [0.25, 0.3) is 0 Å². The Balaban J connectivity index is 1.83. The van der Waals surface area contributed by atoms with E-state index < -0.39 is 0 Å². The summed E-state index contributed by atoms with van der Waals surface area (Å²) < 4.78 is 2.39. The van der Waals surface area contributed by atoms with Crippen molar-refractivity contribution in [2.24, 2.45) is 0 Å². The normalized spacial score (nSPS) is 10.8. The molecule has 0 aliphatic carbocycles. The zero-order chi connectivity index (χ0) is 10.7. The molecule has 0 aliphatic rings. The van der Waals surface area contributed by atoms with Crippen LogP contribution in [0.3, 0.4) is 0 Å². The summed E-state index contributed by atoms with van der Waals surface area (Å²) in [4.78, 5) is 2.71. The molecule has 0 amide bonds. The van der Waals surface area contributed by atoms with E-state index in [2.05, 4.69) is 60.8 Å². The summed E-state index contributed by atoms with van der Waals surface area (Å²) in [6.45, 7) is 1.86.